The largest absolute Gasteiger partial charge is 0.443 e. The molecule has 3 heterocycles. The number of nitrogens with zero attached hydrogens (tertiary/aromatic N) is 3. The highest BCUT2D eigenvalue weighted by Crippen LogP contribution is 2.31. The number of ether oxygens (including phenoxy) is 1. The van der Waals surface area contributed by atoms with Gasteiger partial charge in [-0.3, -0.25) is 14.7 Å². The Morgan fingerprint density at radius 3 is 2.73 bits per heavy atom. The molecule has 0 spiro atoms. The molecule has 0 saturated heterocycles. The molecule has 26 heavy (non-hydrogen) atoms. The maximum absolute atomic E-state index is 12.5. The molecule has 1 aliphatic rings. The Kier molecular flexibility index (Phi) is 4.63. The molecule has 136 valence electrons. The van der Waals surface area contributed by atoms with Crippen LogP contribution in [0.4, 0.5) is 10.6 Å². The van der Waals surface area contributed by atoms with E-state index in [0.29, 0.717) is 23.5 Å². The first kappa shape index (κ1) is 17.8. The number of primary amides is 1. The molecule has 3 rings (SSSR count). The second-order valence-corrected chi connectivity index (χ2v) is 7.23. The molecule has 0 aliphatic carbocycles. The Labute approximate surface area is 152 Å². The van der Waals surface area contributed by atoms with Crippen molar-refractivity contribution in [2.24, 2.45) is 5.73 Å². The number of carbonyl (C=O) groups is 2. The van der Waals surface area contributed by atoms with Gasteiger partial charge in [-0.25, -0.2) is 9.78 Å². The van der Waals surface area contributed by atoms with E-state index in [2.05, 4.69) is 9.97 Å². The van der Waals surface area contributed by atoms with Crippen molar-refractivity contribution in [1.29, 1.82) is 0 Å². The normalized spacial score (nSPS) is 13.9. The van der Waals surface area contributed by atoms with Crippen LogP contribution in [0.3, 0.4) is 0 Å². The number of rotatable bonds is 2. The molecule has 7 nitrogen and oxygen atoms in total. The summed E-state index contributed by atoms with van der Waals surface area (Å²) in [6.07, 6.45) is 5.95. The summed E-state index contributed by atoms with van der Waals surface area (Å²) in [7, 11) is 0. The number of pyridine rings is 2. The van der Waals surface area contributed by atoms with Gasteiger partial charge in [0.05, 0.1) is 5.56 Å². The number of carbonyl (C=O) groups excluding carboxylic acids is 2. The molecule has 0 radical (unpaired) electrons. The lowest BCUT2D eigenvalue weighted by Gasteiger charge is -2.31. The number of aryl methyl sites for hydroxylation is 1. The molecular formula is C19H22N4O3. The van der Waals surface area contributed by atoms with Gasteiger partial charge < -0.3 is 10.5 Å². The van der Waals surface area contributed by atoms with Crippen molar-refractivity contribution in [3.63, 3.8) is 0 Å². The average molecular weight is 354 g/mol. The lowest BCUT2D eigenvalue weighted by atomic mass is 9.98. The summed E-state index contributed by atoms with van der Waals surface area (Å²) in [5.74, 6) is 0.0780. The zero-order chi connectivity index (χ0) is 18.9. The lowest BCUT2D eigenvalue weighted by molar-refractivity contribution is 0.0576. The van der Waals surface area contributed by atoms with E-state index in [1.807, 2.05) is 26.8 Å². The second kappa shape index (κ2) is 6.74. The maximum Gasteiger partial charge on any atom is 0.416 e. The van der Waals surface area contributed by atoms with Crippen LogP contribution in [0.15, 0.2) is 30.7 Å². The summed E-state index contributed by atoms with van der Waals surface area (Å²) < 4.78 is 5.48. The van der Waals surface area contributed by atoms with Crippen LogP contribution < -0.4 is 10.6 Å². The molecule has 0 fully saturated rings. The molecular weight excluding hydrogens is 332 g/mol. The minimum absolute atomic E-state index is 0.390. The Hall–Kier alpha value is -2.96. The first-order valence-electron chi connectivity index (χ1n) is 8.50. The predicted molar refractivity (Wildman–Crippen MR) is 97.9 cm³/mol. The van der Waals surface area contributed by atoms with Gasteiger partial charge in [0.25, 0.3) is 0 Å². The van der Waals surface area contributed by atoms with Crippen LogP contribution in [-0.2, 0) is 11.2 Å². The summed E-state index contributed by atoms with van der Waals surface area (Å²) in [4.78, 5) is 34.2. The SMILES string of the molecule is CC(C)(C)OC(=O)N1CCCc2cc(-c3cnccc3C(N)=O)cnc21. The topological polar surface area (TPSA) is 98.4 Å². The van der Waals surface area contributed by atoms with Crippen molar-refractivity contribution in [3.8, 4) is 11.1 Å². The standard InChI is InChI=1S/C19H22N4O3/c1-19(2,3)26-18(25)23-8-4-5-12-9-13(10-22-17(12)23)15-11-21-7-6-14(15)16(20)24/h6-7,9-11H,4-5,8H2,1-3H3,(H2,20,24). The molecule has 2 N–H and O–H groups in total. The van der Waals surface area contributed by atoms with Crippen LogP contribution in [0.1, 0.15) is 43.1 Å². The van der Waals surface area contributed by atoms with Gasteiger partial charge in [-0.15, -0.1) is 0 Å². The van der Waals surface area contributed by atoms with Crippen molar-refractivity contribution in [3.05, 3.63) is 41.9 Å². The van der Waals surface area contributed by atoms with Crippen LogP contribution in [0.5, 0.6) is 0 Å². The number of anilines is 1. The summed E-state index contributed by atoms with van der Waals surface area (Å²) in [6, 6.07) is 3.52. The minimum atomic E-state index is -0.569. The fourth-order valence-electron chi connectivity index (χ4n) is 2.95. The zero-order valence-corrected chi connectivity index (χ0v) is 15.2. The fraction of sp³-hybridized carbons (Fsp3) is 0.368. The van der Waals surface area contributed by atoms with E-state index in [4.69, 9.17) is 10.5 Å². The first-order chi connectivity index (χ1) is 12.3. The molecule has 0 bridgehead atoms. The smallest absolute Gasteiger partial charge is 0.416 e. The Bertz CT molecular complexity index is 858. The molecule has 0 aromatic carbocycles. The molecule has 2 aromatic rings. The van der Waals surface area contributed by atoms with Crippen molar-refractivity contribution < 1.29 is 14.3 Å². The van der Waals surface area contributed by atoms with E-state index < -0.39 is 17.6 Å². The van der Waals surface area contributed by atoms with Gasteiger partial charge in [-0.05, 0) is 51.3 Å². The predicted octanol–water partition coefficient (Wildman–Crippen LogP) is 2.93. The number of aromatic nitrogens is 2. The molecule has 0 unspecified atom stereocenters. The quantitative estimate of drug-likeness (QED) is 0.894. The van der Waals surface area contributed by atoms with E-state index in [0.717, 1.165) is 24.0 Å². The average Bonchev–Trinajstić information content (AvgIpc) is 2.59. The van der Waals surface area contributed by atoms with Gasteiger partial charge >= 0.3 is 6.09 Å². The highest BCUT2D eigenvalue weighted by Gasteiger charge is 2.28. The first-order valence-corrected chi connectivity index (χ1v) is 8.50. The summed E-state index contributed by atoms with van der Waals surface area (Å²) in [6.45, 7) is 6.06. The Balaban J connectivity index is 1.97. The third-order valence-corrected chi connectivity index (χ3v) is 4.04. The van der Waals surface area contributed by atoms with Crippen LogP contribution >= 0.6 is 0 Å². The zero-order valence-electron chi connectivity index (χ0n) is 15.2. The van der Waals surface area contributed by atoms with Crippen molar-refractivity contribution >= 4 is 17.8 Å². The van der Waals surface area contributed by atoms with Gasteiger partial charge in [-0.1, -0.05) is 0 Å². The lowest BCUT2D eigenvalue weighted by Crippen LogP contribution is -2.40. The van der Waals surface area contributed by atoms with E-state index in [1.165, 1.54) is 6.20 Å². The van der Waals surface area contributed by atoms with E-state index >= 15 is 0 Å². The van der Waals surface area contributed by atoms with Crippen molar-refractivity contribution in [2.45, 2.75) is 39.2 Å². The number of hydrogen-bond donors (Lipinski definition) is 1. The van der Waals surface area contributed by atoms with Gasteiger partial charge in [-0.2, -0.15) is 0 Å². The fourth-order valence-corrected chi connectivity index (χ4v) is 2.95. The highest BCUT2D eigenvalue weighted by molar-refractivity contribution is 5.99. The molecule has 0 atom stereocenters. The second-order valence-electron chi connectivity index (χ2n) is 7.23. The number of fused-ring (bicyclic) bond motifs is 1. The monoisotopic (exact) mass is 354 g/mol. The Morgan fingerprint density at radius 1 is 1.27 bits per heavy atom. The van der Waals surface area contributed by atoms with E-state index in [9.17, 15) is 9.59 Å². The van der Waals surface area contributed by atoms with Gasteiger partial charge in [0, 0.05) is 36.3 Å². The van der Waals surface area contributed by atoms with E-state index in [-0.39, 0.29) is 0 Å². The van der Waals surface area contributed by atoms with Crippen LogP contribution in [-0.4, -0.2) is 34.1 Å². The molecule has 7 heteroatoms. The minimum Gasteiger partial charge on any atom is -0.443 e. The number of amides is 2. The van der Waals surface area contributed by atoms with E-state index in [1.54, 1.807) is 23.4 Å². The Morgan fingerprint density at radius 2 is 2.04 bits per heavy atom. The maximum atomic E-state index is 12.5. The van der Waals surface area contributed by atoms with Crippen molar-refractivity contribution in [1.82, 2.24) is 9.97 Å². The summed E-state index contributed by atoms with van der Waals surface area (Å²) in [5.41, 5.74) is 7.58. The number of hydrogen-bond acceptors (Lipinski definition) is 5. The van der Waals surface area contributed by atoms with Crippen LogP contribution in [0, 0.1) is 0 Å². The molecule has 2 amide bonds. The summed E-state index contributed by atoms with van der Waals surface area (Å²) in [5, 5.41) is 0. The third-order valence-electron chi connectivity index (χ3n) is 4.04. The van der Waals surface area contributed by atoms with Gasteiger partial charge in [0.15, 0.2) is 0 Å². The highest BCUT2D eigenvalue weighted by atomic mass is 16.6. The van der Waals surface area contributed by atoms with Gasteiger partial charge in [0.1, 0.15) is 11.4 Å². The van der Waals surface area contributed by atoms with Crippen LogP contribution in [0.2, 0.25) is 0 Å². The molecule has 0 saturated carbocycles. The molecule has 1 aliphatic heterocycles. The number of nitrogens with two attached hydrogens (primary N) is 1. The third kappa shape index (κ3) is 3.66. The van der Waals surface area contributed by atoms with Gasteiger partial charge in [0.2, 0.25) is 5.91 Å². The molecule has 2 aromatic heterocycles. The van der Waals surface area contributed by atoms with Crippen LogP contribution in [0.25, 0.3) is 11.1 Å². The van der Waals surface area contributed by atoms with Crippen molar-refractivity contribution in [2.75, 3.05) is 11.4 Å². The summed E-state index contributed by atoms with van der Waals surface area (Å²) >= 11 is 0.